The van der Waals surface area contributed by atoms with Gasteiger partial charge in [-0.3, -0.25) is 0 Å². The molecule has 1 aromatic heterocycles. The minimum absolute atomic E-state index is 0.618. The fourth-order valence-electron chi connectivity index (χ4n) is 6.77. The lowest BCUT2D eigenvalue weighted by molar-refractivity contribution is 0.670. The third-order valence-corrected chi connectivity index (χ3v) is 9.24. The van der Waals surface area contributed by atoms with E-state index in [1.165, 1.54) is 16.3 Å². The minimum Gasteiger partial charge on any atom is -0.455 e. The molecule has 0 bridgehead atoms. The lowest BCUT2D eigenvalue weighted by Gasteiger charge is -2.11. The van der Waals surface area contributed by atoms with Crippen LogP contribution < -0.4 is 5.32 Å². The van der Waals surface area contributed by atoms with Gasteiger partial charge in [-0.2, -0.15) is 0 Å². The van der Waals surface area contributed by atoms with Crippen LogP contribution in [0.4, 0.5) is 0 Å². The molecular weight excluding hydrogens is 599 g/mol. The second-order valence-electron chi connectivity index (χ2n) is 12.3. The summed E-state index contributed by atoms with van der Waals surface area (Å²) in [5.41, 5.74) is 10.8. The topological polar surface area (TPSA) is 49.9 Å². The van der Waals surface area contributed by atoms with Crippen LogP contribution in [0.1, 0.15) is 23.6 Å². The Bertz CT molecular complexity index is 2610. The number of nitrogens with one attached hydrogen (secondary N) is 1. The Kier molecular flexibility index (Phi) is 6.98. The van der Waals surface area contributed by atoms with Crippen molar-refractivity contribution < 1.29 is 4.42 Å². The Morgan fingerprint density at radius 1 is 0.490 bits per heavy atom. The van der Waals surface area contributed by atoms with Crippen LogP contribution in [0.5, 0.6) is 0 Å². The molecule has 49 heavy (non-hydrogen) atoms. The number of hydrogen-bond acceptors (Lipinski definition) is 4. The van der Waals surface area contributed by atoms with E-state index >= 15 is 0 Å². The van der Waals surface area contributed by atoms with Crippen molar-refractivity contribution >= 4 is 50.1 Å². The van der Waals surface area contributed by atoms with Crippen LogP contribution in [0.2, 0.25) is 0 Å². The van der Waals surface area contributed by atoms with Crippen molar-refractivity contribution in [2.45, 2.75) is 6.92 Å². The Balaban J connectivity index is 1.22. The van der Waals surface area contributed by atoms with E-state index in [0.29, 0.717) is 5.84 Å². The van der Waals surface area contributed by atoms with Gasteiger partial charge in [0, 0.05) is 38.7 Å². The van der Waals surface area contributed by atoms with Gasteiger partial charge in [0.05, 0.1) is 5.70 Å². The second kappa shape index (κ2) is 11.9. The van der Waals surface area contributed by atoms with Gasteiger partial charge in [-0.15, -0.1) is 0 Å². The van der Waals surface area contributed by atoms with Crippen LogP contribution in [0.3, 0.4) is 0 Å². The number of nitrogens with zero attached hydrogens (tertiary/aromatic N) is 2. The molecule has 7 aromatic carbocycles. The number of amidine groups is 2. The molecule has 4 heteroatoms. The van der Waals surface area contributed by atoms with Gasteiger partial charge >= 0.3 is 0 Å². The third kappa shape index (κ3) is 5.20. The maximum Gasteiger partial charge on any atom is 0.163 e. The zero-order valence-corrected chi connectivity index (χ0v) is 26.9. The van der Waals surface area contributed by atoms with Gasteiger partial charge < -0.3 is 9.73 Å². The first-order valence-electron chi connectivity index (χ1n) is 16.5. The molecule has 1 aliphatic heterocycles. The first-order valence-corrected chi connectivity index (χ1v) is 16.5. The van der Waals surface area contributed by atoms with Crippen LogP contribution in [-0.2, 0) is 0 Å². The van der Waals surface area contributed by atoms with Crippen LogP contribution in [0.25, 0.3) is 60.7 Å². The lowest BCUT2D eigenvalue weighted by atomic mass is 9.97. The van der Waals surface area contributed by atoms with Gasteiger partial charge in [0.15, 0.2) is 5.84 Å². The summed E-state index contributed by atoms with van der Waals surface area (Å²) in [6.07, 6.45) is 0. The van der Waals surface area contributed by atoms with Crippen molar-refractivity contribution in [1.29, 1.82) is 0 Å². The Morgan fingerprint density at radius 2 is 1.12 bits per heavy atom. The molecule has 0 unspecified atom stereocenters. The standard InChI is InChI=1S/C45H31N3O/c1-29-42(33-23-20-31(21-24-33)36-25-22-30-12-8-9-17-35(30)28-36)47-45(48-44(46-29)34-15-6-3-7-16-34)39-27-26-37(32-13-4-2-5-14-32)43-41(39)38-18-10-11-19-40(38)49-43/h2-28H,1H3,(H,46,47,48). The van der Waals surface area contributed by atoms with Crippen molar-refractivity contribution in [3.05, 3.63) is 186 Å². The number of rotatable bonds is 5. The second-order valence-corrected chi connectivity index (χ2v) is 12.3. The third-order valence-electron chi connectivity index (χ3n) is 9.24. The molecule has 0 radical (unpaired) electrons. The molecule has 1 aliphatic rings. The lowest BCUT2D eigenvalue weighted by Crippen LogP contribution is -2.23. The predicted molar refractivity (Wildman–Crippen MR) is 204 cm³/mol. The summed E-state index contributed by atoms with van der Waals surface area (Å²) in [5, 5.41) is 8.11. The Morgan fingerprint density at radius 3 is 1.92 bits per heavy atom. The summed E-state index contributed by atoms with van der Waals surface area (Å²) in [4.78, 5) is 10.6. The molecule has 0 spiro atoms. The van der Waals surface area contributed by atoms with E-state index in [4.69, 9.17) is 14.4 Å². The van der Waals surface area contributed by atoms with Crippen molar-refractivity contribution in [3.8, 4) is 22.3 Å². The first kappa shape index (κ1) is 28.7. The van der Waals surface area contributed by atoms with Gasteiger partial charge in [-0.05, 0) is 58.7 Å². The first-order chi connectivity index (χ1) is 24.2. The smallest absolute Gasteiger partial charge is 0.163 e. The fourth-order valence-corrected chi connectivity index (χ4v) is 6.77. The molecule has 0 aliphatic carbocycles. The van der Waals surface area contributed by atoms with Crippen LogP contribution in [-0.4, -0.2) is 11.7 Å². The molecule has 0 amide bonds. The highest BCUT2D eigenvalue weighted by Gasteiger charge is 2.22. The number of furan rings is 1. The van der Waals surface area contributed by atoms with Gasteiger partial charge in [0.1, 0.15) is 17.0 Å². The maximum absolute atomic E-state index is 6.60. The molecule has 8 aromatic rings. The van der Waals surface area contributed by atoms with Gasteiger partial charge in [-0.1, -0.05) is 140 Å². The zero-order valence-electron chi connectivity index (χ0n) is 26.9. The molecule has 4 nitrogen and oxygen atoms in total. The maximum atomic E-state index is 6.60. The van der Waals surface area contributed by atoms with Crippen LogP contribution >= 0.6 is 0 Å². The Hall–Kier alpha value is -6.52. The van der Waals surface area contributed by atoms with E-state index in [1.54, 1.807) is 0 Å². The van der Waals surface area contributed by atoms with Gasteiger partial charge in [-0.25, -0.2) is 9.98 Å². The van der Waals surface area contributed by atoms with E-state index in [9.17, 15) is 0 Å². The molecule has 1 N–H and O–H groups in total. The normalized spacial score (nSPS) is 13.3. The Labute approximate surface area is 284 Å². The largest absolute Gasteiger partial charge is 0.455 e. The quantitative estimate of drug-likeness (QED) is 0.206. The fraction of sp³-hybridized carbons (Fsp3) is 0.0222. The summed E-state index contributed by atoms with van der Waals surface area (Å²) in [6, 6.07) is 56.8. The van der Waals surface area contributed by atoms with Crippen LogP contribution in [0.15, 0.2) is 184 Å². The molecule has 0 fully saturated rings. The molecule has 2 heterocycles. The number of hydrogen-bond donors (Lipinski definition) is 1. The van der Waals surface area contributed by atoms with E-state index in [2.05, 4.69) is 140 Å². The highest BCUT2D eigenvalue weighted by Crippen LogP contribution is 2.39. The van der Waals surface area contributed by atoms with Crippen molar-refractivity contribution in [1.82, 2.24) is 5.32 Å². The summed E-state index contributed by atoms with van der Waals surface area (Å²) in [5.74, 6) is 1.36. The molecule has 0 atom stereocenters. The van der Waals surface area contributed by atoms with Crippen molar-refractivity contribution in [2.75, 3.05) is 0 Å². The van der Waals surface area contributed by atoms with Crippen LogP contribution in [0, 0.1) is 0 Å². The highest BCUT2D eigenvalue weighted by molar-refractivity contribution is 6.24. The van der Waals surface area contributed by atoms with E-state index in [1.807, 2.05) is 36.4 Å². The highest BCUT2D eigenvalue weighted by atomic mass is 16.3. The predicted octanol–water partition coefficient (Wildman–Crippen LogP) is 11.3. The monoisotopic (exact) mass is 629 g/mol. The van der Waals surface area contributed by atoms with Crippen molar-refractivity contribution in [2.24, 2.45) is 9.98 Å². The number of allylic oxidation sites excluding steroid dienone is 1. The summed E-state index contributed by atoms with van der Waals surface area (Å²) in [6.45, 7) is 2.07. The van der Waals surface area contributed by atoms with E-state index < -0.39 is 0 Å². The van der Waals surface area contributed by atoms with Gasteiger partial charge in [0.25, 0.3) is 0 Å². The molecule has 0 saturated carbocycles. The zero-order chi connectivity index (χ0) is 32.7. The SMILES string of the molecule is CC1=C(c2ccc(-c3ccc4ccccc4c3)cc2)N=C(c2ccc(-c3ccccc3)c3oc4ccccc4c23)N=C(c2ccccc2)N1. The number of aliphatic imine (C=N–C) groups is 2. The average Bonchev–Trinajstić information content (AvgIpc) is 3.47. The molecule has 232 valence electrons. The minimum atomic E-state index is 0.618. The van der Waals surface area contributed by atoms with Crippen molar-refractivity contribution in [3.63, 3.8) is 0 Å². The van der Waals surface area contributed by atoms with E-state index in [-0.39, 0.29) is 0 Å². The molecular formula is C45H31N3O. The number of para-hydroxylation sites is 1. The number of benzene rings is 7. The number of fused-ring (bicyclic) bond motifs is 4. The summed E-state index contributed by atoms with van der Waals surface area (Å²) < 4.78 is 6.60. The summed E-state index contributed by atoms with van der Waals surface area (Å²) >= 11 is 0. The average molecular weight is 630 g/mol. The van der Waals surface area contributed by atoms with Gasteiger partial charge in [0.2, 0.25) is 0 Å². The van der Waals surface area contributed by atoms with E-state index in [0.717, 1.165) is 72.5 Å². The molecule has 9 rings (SSSR count). The summed E-state index contributed by atoms with van der Waals surface area (Å²) in [7, 11) is 0. The molecule has 0 saturated heterocycles.